The third-order valence-electron chi connectivity index (χ3n) is 4.28. The first kappa shape index (κ1) is 24.6. The molecule has 0 saturated carbocycles. The molecule has 0 aliphatic heterocycles. The molecule has 0 fully saturated rings. The average molecular weight is 464 g/mol. The number of carbonyl (C=O) groups excluding carboxylic acids is 1. The molecule has 0 amide bonds. The van der Waals surface area contributed by atoms with Gasteiger partial charge in [0.1, 0.15) is 40.2 Å². The van der Waals surface area contributed by atoms with Gasteiger partial charge < -0.3 is 29.2 Å². The summed E-state index contributed by atoms with van der Waals surface area (Å²) in [7, 11) is 1.55. The van der Waals surface area contributed by atoms with Crippen LogP contribution in [0.5, 0.6) is 34.5 Å². The lowest BCUT2D eigenvalue weighted by atomic mass is 10.1. The second-order valence-corrected chi connectivity index (χ2v) is 8.32. The molecule has 0 unspecified atom stereocenters. The molecule has 0 aliphatic carbocycles. The molecule has 0 radical (unpaired) electrons. The van der Waals surface area contributed by atoms with Gasteiger partial charge in [-0.2, -0.15) is 0 Å². The number of sulfone groups is 1. The van der Waals surface area contributed by atoms with Crippen LogP contribution < -0.4 is 18.9 Å². The van der Waals surface area contributed by atoms with Gasteiger partial charge in [-0.05, 0) is 18.2 Å². The van der Waals surface area contributed by atoms with Crippen LogP contribution in [0.4, 0.5) is 0 Å². The number of phenols is 2. The van der Waals surface area contributed by atoms with Crippen molar-refractivity contribution in [2.75, 3.05) is 34.2 Å². The number of hydrogen-bond donors (Lipinski definition) is 2. The van der Waals surface area contributed by atoms with Crippen LogP contribution in [0.2, 0.25) is 0 Å². The van der Waals surface area contributed by atoms with Gasteiger partial charge in [0, 0.05) is 29.7 Å². The summed E-state index contributed by atoms with van der Waals surface area (Å²) in [6.07, 6.45) is 3.67. The highest BCUT2D eigenvalue weighted by Crippen LogP contribution is 2.35. The zero-order chi connectivity index (χ0) is 23.9. The fraction of sp³-hybridized carbons (Fsp3) is 0.227. The van der Waals surface area contributed by atoms with E-state index in [1.807, 2.05) is 0 Å². The van der Waals surface area contributed by atoms with Crippen molar-refractivity contribution in [2.24, 2.45) is 0 Å². The predicted molar refractivity (Wildman–Crippen MR) is 119 cm³/mol. The Kier molecular flexibility index (Phi) is 8.14. The average Bonchev–Trinajstić information content (AvgIpc) is 2.75. The highest BCUT2D eigenvalue weighted by molar-refractivity contribution is 7.95. The molecule has 0 bridgehead atoms. The maximum absolute atomic E-state index is 12.4. The van der Waals surface area contributed by atoms with E-state index >= 15 is 0 Å². The van der Waals surface area contributed by atoms with E-state index in [-0.39, 0.29) is 40.1 Å². The maximum atomic E-state index is 12.4. The Balaban J connectivity index is 2.25. The topological polar surface area (TPSA) is 129 Å². The molecule has 0 aliphatic rings. The van der Waals surface area contributed by atoms with Crippen LogP contribution in [0, 0.1) is 0 Å². The molecule has 0 atom stereocenters. The van der Waals surface area contributed by atoms with Crippen LogP contribution in [-0.2, 0) is 14.6 Å². The summed E-state index contributed by atoms with van der Waals surface area (Å²) in [6.45, 7) is 0. The third kappa shape index (κ3) is 6.17. The van der Waals surface area contributed by atoms with Crippen LogP contribution in [0.15, 0.2) is 35.7 Å². The predicted octanol–water partition coefficient (Wildman–Crippen LogP) is 2.80. The largest absolute Gasteiger partial charge is 0.508 e. The van der Waals surface area contributed by atoms with Gasteiger partial charge in [-0.3, -0.25) is 4.79 Å². The number of carbonyl (C=O) groups is 1. The summed E-state index contributed by atoms with van der Waals surface area (Å²) in [6, 6.07) is 5.29. The Labute approximate surface area is 186 Å². The SMILES string of the molecule is COc1cc(O)cc(OC)c1/C=C/C(=O)CS(=O)(=O)/C=C/c1c(OC)cc(O)cc1OC. The molecular weight excluding hydrogens is 440 g/mol. The Morgan fingerprint density at radius 1 is 0.781 bits per heavy atom. The number of phenolic OH excluding ortho intramolecular Hbond substituents is 2. The van der Waals surface area contributed by atoms with Crippen molar-refractivity contribution in [1.82, 2.24) is 0 Å². The Morgan fingerprint density at radius 3 is 1.53 bits per heavy atom. The number of aromatic hydroxyl groups is 2. The van der Waals surface area contributed by atoms with E-state index in [1.54, 1.807) is 0 Å². The number of ketones is 1. The Morgan fingerprint density at radius 2 is 1.16 bits per heavy atom. The van der Waals surface area contributed by atoms with Crippen LogP contribution >= 0.6 is 0 Å². The fourth-order valence-electron chi connectivity index (χ4n) is 2.82. The van der Waals surface area contributed by atoms with Gasteiger partial charge in [0.15, 0.2) is 15.6 Å². The van der Waals surface area contributed by atoms with E-state index in [4.69, 9.17) is 18.9 Å². The summed E-state index contributed by atoms with van der Waals surface area (Å²) in [5.74, 6) is -0.770. The van der Waals surface area contributed by atoms with Crippen molar-refractivity contribution in [3.63, 3.8) is 0 Å². The van der Waals surface area contributed by atoms with Gasteiger partial charge >= 0.3 is 0 Å². The molecule has 2 aromatic carbocycles. The highest BCUT2D eigenvalue weighted by atomic mass is 32.2. The summed E-state index contributed by atoms with van der Waals surface area (Å²) in [5, 5.41) is 20.2. The van der Waals surface area contributed by atoms with Crippen LogP contribution in [0.25, 0.3) is 12.2 Å². The first-order chi connectivity index (χ1) is 15.1. The van der Waals surface area contributed by atoms with Gasteiger partial charge in [0.2, 0.25) is 0 Å². The molecule has 10 heteroatoms. The van der Waals surface area contributed by atoms with Crippen molar-refractivity contribution in [3.05, 3.63) is 46.9 Å². The van der Waals surface area contributed by atoms with E-state index in [1.165, 1.54) is 64.9 Å². The minimum absolute atomic E-state index is 0.0880. The quantitative estimate of drug-likeness (QED) is 0.510. The fourth-order valence-corrected chi connectivity index (χ4v) is 3.75. The first-order valence-corrected chi connectivity index (χ1v) is 10.9. The lowest BCUT2D eigenvalue weighted by Crippen LogP contribution is -2.11. The minimum atomic E-state index is -3.94. The number of rotatable bonds is 10. The third-order valence-corrected chi connectivity index (χ3v) is 5.52. The zero-order valence-corrected chi connectivity index (χ0v) is 18.8. The second kappa shape index (κ2) is 10.6. The van der Waals surface area contributed by atoms with Gasteiger partial charge in [0.25, 0.3) is 0 Å². The summed E-state index contributed by atoms with van der Waals surface area (Å²) in [5.41, 5.74) is 0.658. The van der Waals surface area contributed by atoms with E-state index in [0.717, 1.165) is 11.5 Å². The standard InChI is InChI=1S/C22H24O9S/c1-28-19-9-15(24)10-20(29-2)17(19)6-5-14(23)13-32(26,27)8-7-18-21(30-3)11-16(25)12-22(18)31-4/h5-12,24-25H,13H2,1-4H3/b6-5+,8-7+. The molecule has 0 aromatic heterocycles. The Hall–Kier alpha value is -3.66. The molecule has 0 spiro atoms. The number of allylic oxidation sites excluding steroid dienone is 1. The number of hydrogen-bond acceptors (Lipinski definition) is 9. The molecule has 0 heterocycles. The maximum Gasteiger partial charge on any atom is 0.179 e. The van der Waals surface area contributed by atoms with Gasteiger partial charge in [-0.25, -0.2) is 8.42 Å². The van der Waals surface area contributed by atoms with Crippen molar-refractivity contribution in [1.29, 1.82) is 0 Å². The van der Waals surface area contributed by atoms with E-state index < -0.39 is 21.4 Å². The molecule has 172 valence electrons. The lowest BCUT2D eigenvalue weighted by Gasteiger charge is -2.11. The highest BCUT2D eigenvalue weighted by Gasteiger charge is 2.16. The zero-order valence-electron chi connectivity index (χ0n) is 18.0. The second-order valence-electron chi connectivity index (χ2n) is 6.44. The lowest BCUT2D eigenvalue weighted by molar-refractivity contribution is -0.112. The monoisotopic (exact) mass is 464 g/mol. The summed E-state index contributed by atoms with van der Waals surface area (Å²) < 4.78 is 45.5. The molecule has 9 nitrogen and oxygen atoms in total. The first-order valence-electron chi connectivity index (χ1n) is 9.15. The smallest absolute Gasteiger partial charge is 0.179 e. The van der Waals surface area contributed by atoms with Gasteiger partial charge in [-0.1, -0.05) is 0 Å². The van der Waals surface area contributed by atoms with E-state index in [9.17, 15) is 23.4 Å². The molecule has 2 aromatic rings. The van der Waals surface area contributed by atoms with E-state index in [2.05, 4.69) is 0 Å². The molecule has 32 heavy (non-hydrogen) atoms. The molecule has 2 rings (SSSR count). The van der Waals surface area contributed by atoms with Crippen molar-refractivity contribution in [2.45, 2.75) is 0 Å². The van der Waals surface area contributed by atoms with Gasteiger partial charge in [-0.15, -0.1) is 0 Å². The van der Waals surface area contributed by atoms with Crippen LogP contribution in [0.3, 0.4) is 0 Å². The molecule has 0 saturated heterocycles. The number of methoxy groups -OCH3 is 4. The summed E-state index contributed by atoms with van der Waals surface area (Å²) in [4.78, 5) is 12.3. The normalized spacial score (nSPS) is 11.6. The van der Waals surface area contributed by atoms with E-state index in [0.29, 0.717) is 5.56 Å². The number of benzene rings is 2. The van der Waals surface area contributed by atoms with Crippen LogP contribution in [-0.4, -0.2) is 58.6 Å². The summed E-state index contributed by atoms with van der Waals surface area (Å²) >= 11 is 0. The minimum Gasteiger partial charge on any atom is -0.508 e. The van der Waals surface area contributed by atoms with Crippen LogP contribution in [0.1, 0.15) is 11.1 Å². The Bertz CT molecular complexity index is 1100. The van der Waals surface area contributed by atoms with Crippen molar-refractivity contribution in [3.8, 4) is 34.5 Å². The molecule has 2 N–H and O–H groups in total. The number of ether oxygens (including phenoxy) is 4. The van der Waals surface area contributed by atoms with Crippen molar-refractivity contribution >= 4 is 27.8 Å². The van der Waals surface area contributed by atoms with Crippen molar-refractivity contribution < 1.29 is 42.4 Å². The van der Waals surface area contributed by atoms with Gasteiger partial charge in [0.05, 0.1) is 39.6 Å². The molecular formula is C22H24O9S.